The van der Waals surface area contributed by atoms with Gasteiger partial charge in [-0.1, -0.05) is 30.9 Å². The van der Waals surface area contributed by atoms with Crippen molar-refractivity contribution in [2.24, 2.45) is 0 Å². The van der Waals surface area contributed by atoms with E-state index in [1.165, 1.54) is 18.2 Å². The summed E-state index contributed by atoms with van der Waals surface area (Å²) in [6, 6.07) is 4.94. The molecule has 1 aromatic rings. The number of nitrogens with zero attached hydrogens (tertiary/aromatic N) is 1. The van der Waals surface area contributed by atoms with Crippen LogP contribution in [0.2, 0.25) is 0 Å². The first kappa shape index (κ1) is 22.6. The Balaban J connectivity index is 2.03. The van der Waals surface area contributed by atoms with E-state index in [0.29, 0.717) is 17.6 Å². The van der Waals surface area contributed by atoms with Gasteiger partial charge >= 0.3 is 13.1 Å². The van der Waals surface area contributed by atoms with Crippen LogP contribution in [0.15, 0.2) is 60.2 Å². The van der Waals surface area contributed by atoms with Crippen LogP contribution in [-0.4, -0.2) is 35.7 Å². The highest BCUT2D eigenvalue weighted by molar-refractivity contribution is 6.55. The van der Waals surface area contributed by atoms with Crippen molar-refractivity contribution in [1.82, 2.24) is 4.90 Å². The highest BCUT2D eigenvalue weighted by Crippen LogP contribution is 2.38. The van der Waals surface area contributed by atoms with Crippen molar-refractivity contribution in [3.8, 4) is 0 Å². The third-order valence-electron chi connectivity index (χ3n) is 5.02. The van der Waals surface area contributed by atoms with Crippen LogP contribution >= 0.6 is 0 Å². The summed E-state index contributed by atoms with van der Waals surface area (Å²) in [5, 5.41) is 2.36. The van der Waals surface area contributed by atoms with Crippen molar-refractivity contribution < 1.29 is 23.3 Å². The minimum Gasteiger partial charge on any atom is -0.399 e. The quantitative estimate of drug-likeness (QED) is 0.435. The van der Waals surface area contributed by atoms with Crippen LogP contribution in [-0.2, 0) is 14.1 Å². The number of halogens is 1. The Morgan fingerprint density at radius 1 is 1.21 bits per heavy atom. The largest absolute Gasteiger partial charge is 0.494 e. The van der Waals surface area contributed by atoms with Crippen LogP contribution in [0.25, 0.3) is 0 Å². The zero-order valence-electron chi connectivity index (χ0n) is 17.4. The average Bonchev–Trinajstić information content (AvgIpc) is 2.85. The first-order valence-corrected chi connectivity index (χ1v) is 9.18. The molecule has 3 amide bonds. The van der Waals surface area contributed by atoms with Gasteiger partial charge in [-0.25, -0.2) is 14.1 Å². The molecule has 0 bridgehead atoms. The molecule has 8 heteroatoms. The summed E-state index contributed by atoms with van der Waals surface area (Å²) < 4.78 is 25.5. The van der Waals surface area contributed by atoms with Crippen molar-refractivity contribution in [2.45, 2.75) is 45.8 Å². The molecule has 1 aliphatic heterocycles. The fraction of sp³-hybridized carbons (Fsp3) is 0.333. The highest BCUT2D eigenvalue weighted by atomic mass is 19.1. The normalized spacial score (nSPS) is 18.0. The number of carbonyl (C=O) groups is 2. The number of allylic oxidation sites excluding steroid dienone is 5. The number of rotatable bonds is 6. The predicted molar refractivity (Wildman–Crippen MR) is 111 cm³/mol. The monoisotopic (exact) mass is 400 g/mol. The molecule has 29 heavy (non-hydrogen) atoms. The van der Waals surface area contributed by atoms with E-state index < -0.39 is 30.2 Å². The van der Waals surface area contributed by atoms with Crippen LogP contribution < -0.4 is 5.32 Å². The maximum Gasteiger partial charge on any atom is 0.494 e. The Bertz CT molecular complexity index is 848. The van der Waals surface area contributed by atoms with E-state index in [4.69, 9.17) is 9.31 Å². The molecular weight excluding hydrogens is 374 g/mol. The minimum absolute atomic E-state index is 0.0122. The van der Waals surface area contributed by atoms with Gasteiger partial charge < -0.3 is 14.6 Å². The molecule has 1 aliphatic rings. The predicted octanol–water partition coefficient (Wildman–Crippen LogP) is 4.46. The van der Waals surface area contributed by atoms with E-state index in [1.54, 1.807) is 31.2 Å². The molecule has 1 saturated heterocycles. The molecule has 0 aliphatic carbocycles. The Kier molecular flexibility index (Phi) is 6.82. The van der Waals surface area contributed by atoms with E-state index >= 15 is 0 Å². The molecule has 1 heterocycles. The Morgan fingerprint density at radius 2 is 1.79 bits per heavy atom. The van der Waals surface area contributed by atoms with Gasteiger partial charge in [-0.15, -0.1) is 0 Å². The number of amides is 3. The van der Waals surface area contributed by atoms with Crippen LogP contribution in [0.5, 0.6) is 0 Å². The van der Waals surface area contributed by atoms with Crippen molar-refractivity contribution >= 4 is 25.2 Å². The summed E-state index contributed by atoms with van der Waals surface area (Å²) in [6.45, 7) is 13.3. The molecule has 0 spiro atoms. The standard InChI is InChI=1S/C21H26BFN2O4/c1-15(22-28-20(3,4)21(5,6)29-22)10-9-11-16(2)25(14-26)19(27)24-18-13-8-7-12-17(18)23/h7-14H,1H2,2-6H3,(H,24,27)/b10-9-,16-11+. The zero-order chi connectivity index (χ0) is 21.8. The van der Waals surface area contributed by atoms with Crippen LogP contribution in [0.4, 0.5) is 14.9 Å². The second-order valence-electron chi connectivity index (χ2n) is 7.72. The van der Waals surface area contributed by atoms with Gasteiger partial charge in [-0.3, -0.25) is 4.79 Å². The fourth-order valence-electron chi connectivity index (χ4n) is 2.49. The van der Waals surface area contributed by atoms with Gasteiger partial charge in [0.25, 0.3) is 0 Å². The third kappa shape index (κ3) is 5.22. The number of urea groups is 1. The zero-order valence-corrected chi connectivity index (χ0v) is 17.4. The first-order valence-electron chi connectivity index (χ1n) is 9.18. The second kappa shape index (κ2) is 8.76. The molecule has 0 radical (unpaired) electrons. The van der Waals surface area contributed by atoms with Gasteiger partial charge in [0.05, 0.1) is 16.9 Å². The molecule has 0 saturated carbocycles. The topological polar surface area (TPSA) is 67.9 Å². The lowest BCUT2D eigenvalue weighted by Gasteiger charge is -2.32. The van der Waals surface area contributed by atoms with Crippen molar-refractivity contribution in [3.63, 3.8) is 0 Å². The van der Waals surface area contributed by atoms with E-state index in [0.717, 1.165) is 4.90 Å². The molecule has 0 atom stereocenters. The molecule has 1 aromatic carbocycles. The van der Waals surface area contributed by atoms with E-state index in [2.05, 4.69) is 11.9 Å². The van der Waals surface area contributed by atoms with E-state index in [1.807, 2.05) is 27.7 Å². The fourth-order valence-corrected chi connectivity index (χ4v) is 2.49. The van der Waals surface area contributed by atoms with Crippen molar-refractivity contribution in [1.29, 1.82) is 0 Å². The summed E-state index contributed by atoms with van der Waals surface area (Å²) in [5.74, 6) is -0.591. The molecule has 0 unspecified atom stereocenters. The number of hydrogen-bond acceptors (Lipinski definition) is 4. The van der Waals surface area contributed by atoms with Gasteiger partial charge in [0.2, 0.25) is 6.41 Å². The second-order valence-corrected chi connectivity index (χ2v) is 7.72. The molecule has 0 aromatic heterocycles. The number of carbonyl (C=O) groups excluding carboxylic acids is 2. The summed E-state index contributed by atoms with van der Waals surface area (Å²) in [7, 11) is -0.587. The number of hydrogen-bond donors (Lipinski definition) is 1. The Labute approximate surface area is 171 Å². The third-order valence-corrected chi connectivity index (χ3v) is 5.02. The lowest BCUT2D eigenvalue weighted by Crippen LogP contribution is -2.41. The molecular formula is C21H26BFN2O4. The lowest BCUT2D eigenvalue weighted by molar-refractivity contribution is -0.114. The summed E-state index contributed by atoms with van der Waals surface area (Å²) in [5.41, 5.74) is -0.0201. The highest BCUT2D eigenvalue weighted by Gasteiger charge is 2.51. The Hall–Kier alpha value is -2.71. The average molecular weight is 400 g/mol. The maximum absolute atomic E-state index is 13.7. The molecule has 1 N–H and O–H groups in total. The van der Waals surface area contributed by atoms with Crippen molar-refractivity contribution in [3.05, 3.63) is 66.1 Å². The van der Waals surface area contributed by atoms with Crippen molar-refractivity contribution in [2.75, 3.05) is 5.32 Å². The maximum atomic E-state index is 13.7. The molecule has 154 valence electrons. The minimum atomic E-state index is -0.767. The molecule has 6 nitrogen and oxygen atoms in total. The number of benzene rings is 1. The van der Waals surface area contributed by atoms with Gasteiger partial charge in [0.1, 0.15) is 5.82 Å². The smallest absolute Gasteiger partial charge is 0.399 e. The SMILES string of the molecule is C=C(/C=C\C=C(/C)N(C=O)C(=O)Nc1ccccc1F)B1OC(C)(C)C(C)(C)O1. The number of anilines is 1. The van der Waals surface area contributed by atoms with E-state index in [9.17, 15) is 14.0 Å². The number of imide groups is 1. The van der Waals surface area contributed by atoms with Gasteiger partial charge in [0.15, 0.2) is 0 Å². The van der Waals surface area contributed by atoms with Gasteiger partial charge in [-0.05, 0) is 58.3 Å². The summed E-state index contributed by atoms with van der Waals surface area (Å²) >= 11 is 0. The summed E-state index contributed by atoms with van der Waals surface area (Å²) in [4.78, 5) is 24.5. The van der Waals surface area contributed by atoms with E-state index in [-0.39, 0.29) is 5.69 Å². The van der Waals surface area contributed by atoms with Crippen LogP contribution in [0.1, 0.15) is 34.6 Å². The van der Waals surface area contributed by atoms with Gasteiger partial charge in [-0.2, -0.15) is 0 Å². The molecule has 2 rings (SSSR count). The van der Waals surface area contributed by atoms with Crippen LogP contribution in [0, 0.1) is 5.82 Å². The lowest BCUT2D eigenvalue weighted by atomic mass is 9.79. The number of nitrogens with one attached hydrogen (secondary N) is 1. The Morgan fingerprint density at radius 3 is 2.34 bits per heavy atom. The molecule has 1 fully saturated rings. The first-order chi connectivity index (χ1) is 13.5. The number of para-hydroxylation sites is 1. The van der Waals surface area contributed by atoms with Crippen LogP contribution in [0.3, 0.4) is 0 Å². The summed E-state index contributed by atoms with van der Waals surface area (Å²) in [6.07, 6.45) is 5.24. The van der Waals surface area contributed by atoms with Gasteiger partial charge in [0, 0.05) is 5.70 Å².